The molecule has 3 heterocycles. The van der Waals surface area contributed by atoms with Crippen molar-refractivity contribution in [2.75, 3.05) is 31.9 Å². The molecule has 1 unspecified atom stereocenters. The summed E-state index contributed by atoms with van der Waals surface area (Å²) in [5.74, 6) is -5.19. The van der Waals surface area contributed by atoms with Crippen molar-refractivity contribution in [2.24, 2.45) is 5.92 Å². The summed E-state index contributed by atoms with van der Waals surface area (Å²) in [7, 11) is 0. The molecule has 1 amide bonds. The van der Waals surface area contributed by atoms with Crippen molar-refractivity contribution in [3.8, 4) is 0 Å². The number of Topliss-reactive ketones (excluding diaryl/α,β-unsaturated/α-hetero) is 1. The number of aliphatic hydroxyl groups is 1. The first-order chi connectivity index (χ1) is 18.4. The fourth-order valence-electron chi connectivity index (χ4n) is 3.85. The first kappa shape index (κ1) is 30.7. The SMILES string of the molecule is CC[C@H]1O[C@@H](n2cnc3c(=O)[nH]c(NC(=O)C(C)C)nc32)C(OCOCCOCCCC(=O)C(C)(F)F)[C@H]1O. The quantitative estimate of drug-likeness (QED) is 0.216. The number of amides is 1. The summed E-state index contributed by atoms with van der Waals surface area (Å²) >= 11 is 0. The van der Waals surface area contributed by atoms with Gasteiger partial charge in [-0.05, 0) is 12.8 Å². The van der Waals surface area contributed by atoms with E-state index in [1.807, 2.05) is 6.92 Å². The van der Waals surface area contributed by atoms with E-state index in [9.17, 15) is 28.3 Å². The number of aliphatic hydroxyl groups excluding tert-OH is 1. The number of aromatic amines is 1. The standard InChI is InChI=1S/C24H35F2N5O8/c1-5-14-17(33)18(38-12-37-10-9-36-8-6-7-15(32)24(4,25)26)22(39-14)31-11-27-16-19(31)28-23(30-21(16)35)29-20(34)13(2)3/h11,13-14,17-18,22,33H,5-10,12H2,1-4H3,(H2,28,29,30,34,35)/t14-,17+,18?,22-/m1/s1. The third-order valence-corrected chi connectivity index (χ3v) is 6.09. The van der Waals surface area contributed by atoms with Crippen molar-refractivity contribution < 1.29 is 42.4 Å². The lowest BCUT2D eigenvalue weighted by atomic mass is 10.1. The number of carbonyl (C=O) groups excluding carboxylic acids is 2. The van der Waals surface area contributed by atoms with E-state index in [0.29, 0.717) is 13.3 Å². The number of nitrogens with zero attached hydrogens (tertiary/aromatic N) is 3. The fourth-order valence-corrected chi connectivity index (χ4v) is 3.85. The summed E-state index contributed by atoms with van der Waals surface area (Å²) in [6.45, 7) is 5.97. The molecule has 3 N–H and O–H groups in total. The molecule has 1 saturated heterocycles. The van der Waals surface area contributed by atoms with Gasteiger partial charge < -0.3 is 24.1 Å². The highest BCUT2D eigenvalue weighted by Crippen LogP contribution is 2.34. The molecule has 3 rings (SSSR count). The summed E-state index contributed by atoms with van der Waals surface area (Å²) in [5, 5.41) is 13.3. The largest absolute Gasteiger partial charge is 0.388 e. The van der Waals surface area contributed by atoms with E-state index < -0.39 is 41.8 Å². The summed E-state index contributed by atoms with van der Waals surface area (Å²) in [4.78, 5) is 46.7. The number of rotatable bonds is 15. The van der Waals surface area contributed by atoms with Crippen LogP contribution in [0.25, 0.3) is 11.2 Å². The lowest BCUT2D eigenvalue weighted by Crippen LogP contribution is -2.35. The van der Waals surface area contributed by atoms with Crippen molar-refractivity contribution in [3.05, 3.63) is 16.7 Å². The Hall–Kier alpha value is -2.85. The van der Waals surface area contributed by atoms with Crippen LogP contribution in [0.4, 0.5) is 14.7 Å². The highest BCUT2D eigenvalue weighted by atomic mass is 19.3. The predicted octanol–water partition coefficient (Wildman–Crippen LogP) is 1.76. The average Bonchev–Trinajstić information content (AvgIpc) is 3.43. The average molecular weight is 560 g/mol. The van der Waals surface area contributed by atoms with Crippen molar-refractivity contribution in [3.63, 3.8) is 0 Å². The van der Waals surface area contributed by atoms with Crippen LogP contribution >= 0.6 is 0 Å². The number of hydrogen-bond donors (Lipinski definition) is 3. The minimum absolute atomic E-state index is 0.0205. The predicted molar refractivity (Wildman–Crippen MR) is 133 cm³/mol. The molecule has 2 aromatic heterocycles. The molecular formula is C24H35F2N5O8. The molecule has 2 aromatic rings. The van der Waals surface area contributed by atoms with Gasteiger partial charge in [-0.3, -0.25) is 29.3 Å². The molecule has 39 heavy (non-hydrogen) atoms. The zero-order valence-corrected chi connectivity index (χ0v) is 22.3. The molecule has 1 aliphatic heterocycles. The van der Waals surface area contributed by atoms with Crippen molar-refractivity contribution in [1.29, 1.82) is 0 Å². The van der Waals surface area contributed by atoms with E-state index >= 15 is 0 Å². The molecule has 0 bridgehead atoms. The van der Waals surface area contributed by atoms with Gasteiger partial charge in [0.1, 0.15) is 19.0 Å². The molecular weight excluding hydrogens is 524 g/mol. The second-order valence-corrected chi connectivity index (χ2v) is 9.53. The van der Waals surface area contributed by atoms with E-state index in [4.69, 9.17) is 18.9 Å². The van der Waals surface area contributed by atoms with E-state index in [0.717, 1.165) is 0 Å². The van der Waals surface area contributed by atoms with Gasteiger partial charge in [-0.2, -0.15) is 13.8 Å². The van der Waals surface area contributed by atoms with Crippen LogP contribution in [0.15, 0.2) is 11.1 Å². The summed E-state index contributed by atoms with van der Waals surface area (Å²) < 4.78 is 49.6. The highest BCUT2D eigenvalue weighted by Gasteiger charge is 2.45. The summed E-state index contributed by atoms with van der Waals surface area (Å²) in [5.41, 5.74) is -0.405. The number of nitrogens with one attached hydrogen (secondary N) is 2. The number of carbonyl (C=O) groups is 2. The Labute approximate surface area is 223 Å². The molecule has 1 fully saturated rings. The van der Waals surface area contributed by atoms with Gasteiger partial charge >= 0.3 is 5.92 Å². The lowest BCUT2D eigenvalue weighted by molar-refractivity contribution is -0.144. The van der Waals surface area contributed by atoms with E-state index in [-0.39, 0.29) is 68.4 Å². The molecule has 4 atom stereocenters. The van der Waals surface area contributed by atoms with Crippen LogP contribution in [0.2, 0.25) is 0 Å². The van der Waals surface area contributed by atoms with Gasteiger partial charge in [0.2, 0.25) is 17.6 Å². The van der Waals surface area contributed by atoms with Crippen LogP contribution in [0.3, 0.4) is 0 Å². The molecule has 0 spiro atoms. The maximum atomic E-state index is 12.8. The third kappa shape index (κ3) is 7.85. The van der Waals surface area contributed by atoms with Crippen LogP contribution < -0.4 is 10.9 Å². The molecule has 0 aliphatic carbocycles. The molecule has 13 nitrogen and oxygen atoms in total. The second-order valence-electron chi connectivity index (χ2n) is 9.53. The normalized spacial score (nSPS) is 21.6. The first-order valence-corrected chi connectivity index (χ1v) is 12.7. The minimum Gasteiger partial charge on any atom is -0.388 e. The van der Waals surface area contributed by atoms with Gasteiger partial charge in [0.05, 0.1) is 25.6 Å². The monoisotopic (exact) mass is 559 g/mol. The minimum atomic E-state index is -3.34. The number of anilines is 1. The highest BCUT2D eigenvalue weighted by molar-refractivity contribution is 5.91. The fraction of sp³-hybridized carbons (Fsp3) is 0.708. The van der Waals surface area contributed by atoms with Gasteiger partial charge in [-0.15, -0.1) is 0 Å². The number of halogens is 2. The topological polar surface area (TPSA) is 167 Å². The van der Waals surface area contributed by atoms with Crippen LogP contribution in [-0.4, -0.2) is 87.2 Å². The Morgan fingerprint density at radius 2 is 2.00 bits per heavy atom. The number of fused-ring (bicyclic) bond motifs is 1. The number of ketones is 1. The molecule has 218 valence electrons. The Bertz CT molecular complexity index is 1180. The van der Waals surface area contributed by atoms with E-state index in [2.05, 4.69) is 20.3 Å². The summed E-state index contributed by atoms with van der Waals surface area (Å²) in [6, 6.07) is 0. The smallest absolute Gasteiger partial charge is 0.302 e. The number of hydrogen-bond acceptors (Lipinski definition) is 10. The Kier molecular flexibility index (Phi) is 10.6. The van der Waals surface area contributed by atoms with Gasteiger partial charge in [-0.25, -0.2) is 4.98 Å². The maximum Gasteiger partial charge on any atom is 0.302 e. The zero-order valence-electron chi connectivity index (χ0n) is 22.3. The number of ether oxygens (including phenoxy) is 4. The lowest BCUT2D eigenvalue weighted by Gasteiger charge is -2.22. The van der Waals surface area contributed by atoms with Crippen molar-refractivity contribution >= 4 is 28.8 Å². The van der Waals surface area contributed by atoms with Gasteiger partial charge in [0.15, 0.2) is 17.4 Å². The Morgan fingerprint density at radius 3 is 2.67 bits per heavy atom. The molecule has 0 radical (unpaired) electrons. The number of alkyl halides is 2. The number of imidazole rings is 1. The third-order valence-electron chi connectivity index (χ3n) is 6.09. The zero-order chi connectivity index (χ0) is 28.7. The number of H-pyrrole nitrogens is 1. The maximum absolute atomic E-state index is 12.8. The second kappa shape index (κ2) is 13.5. The van der Waals surface area contributed by atoms with Crippen LogP contribution in [0.1, 0.15) is 53.2 Å². The van der Waals surface area contributed by atoms with Crippen LogP contribution in [0.5, 0.6) is 0 Å². The molecule has 1 aliphatic rings. The van der Waals surface area contributed by atoms with Crippen LogP contribution in [0, 0.1) is 5.92 Å². The van der Waals surface area contributed by atoms with Crippen molar-refractivity contribution in [2.45, 2.75) is 77.4 Å². The van der Waals surface area contributed by atoms with Crippen LogP contribution in [-0.2, 0) is 28.5 Å². The Morgan fingerprint density at radius 1 is 1.28 bits per heavy atom. The van der Waals surface area contributed by atoms with Gasteiger partial charge in [-0.1, -0.05) is 20.8 Å². The Balaban J connectivity index is 1.58. The van der Waals surface area contributed by atoms with E-state index in [1.54, 1.807) is 13.8 Å². The molecule has 0 saturated carbocycles. The van der Waals surface area contributed by atoms with Gasteiger partial charge in [0, 0.05) is 25.9 Å². The van der Waals surface area contributed by atoms with Crippen molar-refractivity contribution in [1.82, 2.24) is 19.5 Å². The molecule has 15 heteroatoms. The van der Waals surface area contributed by atoms with E-state index in [1.165, 1.54) is 10.9 Å². The first-order valence-electron chi connectivity index (χ1n) is 12.7. The summed E-state index contributed by atoms with van der Waals surface area (Å²) in [6.07, 6.45) is -1.66. The molecule has 0 aromatic carbocycles. The van der Waals surface area contributed by atoms with Gasteiger partial charge in [0.25, 0.3) is 5.56 Å². The number of aromatic nitrogens is 4.